The second kappa shape index (κ2) is 6.59. The fourth-order valence-electron chi connectivity index (χ4n) is 3.04. The molecule has 0 unspecified atom stereocenters. The largest absolute Gasteiger partial charge is 0.452 e. The Kier molecular flexibility index (Phi) is 4.51. The molecule has 3 rings (SSSR count). The Morgan fingerprint density at radius 3 is 2.71 bits per heavy atom. The van der Waals surface area contributed by atoms with Gasteiger partial charge in [0, 0.05) is 11.4 Å². The van der Waals surface area contributed by atoms with E-state index in [9.17, 15) is 9.59 Å². The predicted molar refractivity (Wildman–Crippen MR) is 91.8 cm³/mol. The Hall–Kier alpha value is -2.43. The molecule has 1 heterocycles. The van der Waals surface area contributed by atoms with Gasteiger partial charge in [0.25, 0.3) is 5.91 Å². The van der Waals surface area contributed by atoms with Crippen molar-refractivity contribution in [3.63, 3.8) is 0 Å². The molecule has 2 aromatic rings. The molecule has 126 valence electrons. The maximum atomic E-state index is 12.4. The van der Waals surface area contributed by atoms with E-state index >= 15 is 0 Å². The average Bonchev–Trinajstić information content (AvgIpc) is 3.38. The number of esters is 1. The topological polar surface area (TPSA) is 68.3 Å². The van der Waals surface area contributed by atoms with Crippen LogP contribution in [0.3, 0.4) is 0 Å². The summed E-state index contributed by atoms with van der Waals surface area (Å²) in [6.45, 7) is 5.38. The molecule has 5 nitrogen and oxygen atoms in total. The van der Waals surface area contributed by atoms with E-state index < -0.39 is 5.97 Å². The lowest BCUT2D eigenvalue weighted by Gasteiger charge is -2.14. The number of hydrogen-bond donors (Lipinski definition) is 1. The fourth-order valence-corrected chi connectivity index (χ4v) is 3.04. The number of carbonyl (C=O) groups excluding carboxylic acids is 2. The molecule has 0 saturated heterocycles. The molecule has 1 aliphatic rings. The second-order valence-corrected chi connectivity index (χ2v) is 6.48. The van der Waals surface area contributed by atoms with Gasteiger partial charge in [0.1, 0.15) is 0 Å². The van der Waals surface area contributed by atoms with E-state index in [4.69, 9.17) is 4.74 Å². The third kappa shape index (κ3) is 3.40. The van der Waals surface area contributed by atoms with Crippen molar-refractivity contribution in [2.45, 2.75) is 39.7 Å². The van der Waals surface area contributed by atoms with Gasteiger partial charge in [-0.15, -0.1) is 0 Å². The minimum Gasteiger partial charge on any atom is -0.452 e. The van der Waals surface area contributed by atoms with Gasteiger partial charge in [-0.25, -0.2) is 4.79 Å². The number of aromatic nitrogens is 1. The smallest absolute Gasteiger partial charge is 0.340 e. The number of para-hydroxylation sites is 1. The van der Waals surface area contributed by atoms with Crippen LogP contribution in [0.25, 0.3) is 10.9 Å². The van der Waals surface area contributed by atoms with Gasteiger partial charge in [-0.1, -0.05) is 18.2 Å². The predicted octanol–water partition coefficient (Wildman–Crippen LogP) is 2.92. The van der Waals surface area contributed by atoms with Crippen LogP contribution in [-0.2, 0) is 9.53 Å². The summed E-state index contributed by atoms with van der Waals surface area (Å²) in [5.74, 6) is -0.192. The van der Waals surface area contributed by atoms with Crippen LogP contribution in [-0.4, -0.2) is 29.5 Å². The van der Waals surface area contributed by atoms with Gasteiger partial charge in [-0.3, -0.25) is 9.78 Å². The van der Waals surface area contributed by atoms with Crippen molar-refractivity contribution >= 4 is 22.8 Å². The highest BCUT2D eigenvalue weighted by atomic mass is 16.5. The average molecular weight is 326 g/mol. The molecule has 24 heavy (non-hydrogen) atoms. The summed E-state index contributed by atoms with van der Waals surface area (Å²) in [6, 6.07) is 7.81. The van der Waals surface area contributed by atoms with E-state index in [1.54, 1.807) is 6.92 Å². The molecule has 1 saturated carbocycles. The molecule has 1 fully saturated rings. The number of fused-ring (bicyclic) bond motifs is 1. The Morgan fingerprint density at radius 1 is 1.29 bits per heavy atom. The highest BCUT2D eigenvalue weighted by Gasteiger charge is 2.29. The zero-order valence-corrected chi connectivity index (χ0v) is 14.3. The molecule has 1 atom stereocenters. The monoisotopic (exact) mass is 326 g/mol. The summed E-state index contributed by atoms with van der Waals surface area (Å²) in [5.41, 5.74) is 2.73. The number of pyridine rings is 1. The first kappa shape index (κ1) is 16.4. The lowest BCUT2D eigenvalue weighted by molar-refractivity contribution is -0.125. The zero-order valence-electron chi connectivity index (χ0n) is 14.3. The van der Waals surface area contributed by atoms with Crippen LogP contribution in [0.5, 0.6) is 0 Å². The van der Waals surface area contributed by atoms with Crippen molar-refractivity contribution in [3.05, 3.63) is 41.1 Å². The summed E-state index contributed by atoms with van der Waals surface area (Å²) in [6.07, 6.45) is 2.31. The lowest BCUT2D eigenvalue weighted by atomic mass is 10.0. The molecular formula is C19H22N2O3. The minimum absolute atomic E-state index is 0.141. The number of amides is 1. The number of rotatable bonds is 5. The van der Waals surface area contributed by atoms with Crippen LogP contribution >= 0.6 is 0 Å². The molecule has 1 N–H and O–H groups in total. The van der Waals surface area contributed by atoms with Gasteiger partial charge in [0.05, 0.1) is 16.8 Å². The molecule has 1 aromatic heterocycles. The van der Waals surface area contributed by atoms with Crippen LogP contribution < -0.4 is 5.32 Å². The molecule has 1 aliphatic carbocycles. The summed E-state index contributed by atoms with van der Waals surface area (Å²) < 4.78 is 5.21. The Morgan fingerprint density at radius 2 is 2.00 bits per heavy atom. The van der Waals surface area contributed by atoms with E-state index in [2.05, 4.69) is 10.3 Å². The highest BCUT2D eigenvalue weighted by Crippen LogP contribution is 2.32. The van der Waals surface area contributed by atoms with Gasteiger partial charge in [0.2, 0.25) is 0 Å². The van der Waals surface area contributed by atoms with Crippen molar-refractivity contribution in [1.29, 1.82) is 0 Å². The first-order valence-electron chi connectivity index (χ1n) is 8.30. The Bertz CT molecular complexity index is 797. The van der Waals surface area contributed by atoms with Crippen molar-refractivity contribution < 1.29 is 14.3 Å². The zero-order chi connectivity index (χ0) is 17.3. The van der Waals surface area contributed by atoms with Gasteiger partial charge < -0.3 is 10.1 Å². The molecular weight excluding hydrogens is 304 g/mol. The maximum Gasteiger partial charge on any atom is 0.340 e. The van der Waals surface area contributed by atoms with Crippen molar-refractivity contribution in [3.8, 4) is 0 Å². The van der Waals surface area contributed by atoms with Crippen LogP contribution in [0.2, 0.25) is 0 Å². The molecule has 0 spiro atoms. The molecule has 5 heteroatoms. The minimum atomic E-state index is -0.502. The number of aryl methyl sites for hydroxylation is 2. The van der Waals surface area contributed by atoms with Gasteiger partial charge in [-0.2, -0.15) is 0 Å². The summed E-state index contributed by atoms with van der Waals surface area (Å²) >= 11 is 0. The van der Waals surface area contributed by atoms with Crippen molar-refractivity contribution in [2.24, 2.45) is 5.92 Å². The van der Waals surface area contributed by atoms with E-state index in [0.717, 1.165) is 29.3 Å². The maximum absolute atomic E-state index is 12.4. The normalized spacial score (nSPS) is 15.1. The summed E-state index contributed by atoms with van der Waals surface area (Å²) in [4.78, 5) is 28.8. The van der Waals surface area contributed by atoms with Crippen molar-refractivity contribution in [1.82, 2.24) is 10.3 Å². The number of ether oxygens (including phenoxy) is 1. The quantitative estimate of drug-likeness (QED) is 0.858. The first-order valence-corrected chi connectivity index (χ1v) is 8.30. The van der Waals surface area contributed by atoms with Crippen LogP contribution in [0, 0.1) is 19.8 Å². The summed E-state index contributed by atoms with van der Waals surface area (Å²) in [5, 5.41) is 3.79. The lowest BCUT2D eigenvalue weighted by Crippen LogP contribution is -2.37. The first-order chi connectivity index (χ1) is 11.5. The van der Waals surface area contributed by atoms with E-state index in [0.29, 0.717) is 17.2 Å². The molecule has 1 amide bonds. The van der Waals surface area contributed by atoms with E-state index in [-0.39, 0.29) is 18.6 Å². The van der Waals surface area contributed by atoms with Crippen LogP contribution in [0.15, 0.2) is 24.3 Å². The highest BCUT2D eigenvalue weighted by molar-refractivity contribution is 5.99. The number of hydrogen-bond acceptors (Lipinski definition) is 4. The number of benzene rings is 1. The van der Waals surface area contributed by atoms with E-state index in [1.807, 2.05) is 38.1 Å². The van der Waals surface area contributed by atoms with Crippen LogP contribution in [0.1, 0.15) is 41.4 Å². The van der Waals surface area contributed by atoms with Gasteiger partial charge in [-0.05, 0) is 51.2 Å². The van der Waals surface area contributed by atoms with E-state index in [1.165, 1.54) is 0 Å². The third-order valence-corrected chi connectivity index (χ3v) is 4.59. The standard InChI is InChI=1S/C19H22N2O3/c1-11-15-6-4-5-7-16(15)20-13(3)18(11)19(23)24-10-17(22)21-12(2)14-8-9-14/h4-7,12,14H,8-10H2,1-3H3,(H,21,22)/t12-/m0/s1. The molecule has 0 radical (unpaired) electrons. The number of nitrogens with zero attached hydrogens (tertiary/aromatic N) is 1. The third-order valence-electron chi connectivity index (χ3n) is 4.59. The molecule has 1 aromatic carbocycles. The van der Waals surface area contributed by atoms with Crippen molar-refractivity contribution in [2.75, 3.05) is 6.61 Å². The Balaban J connectivity index is 1.70. The number of nitrogens with one attached hydrogen (secondary N) is 1. The molecule has 0 bridgehead atoms. The number of carbonyl (C=O) groups is 2. The fraction of sp³-hybridized carbons (Fsp3) is 0.421. The summed E-state index contributed by atoms with van der Waals surface area (Å²) in [7, 11) is 0. The SMILES string of the molecule is Cc1nc2ccccc2c(C)c1C(=O)OCC(=O)N[C@@H](C)C1CC1. The van der Waals surface area contributed by atoms with Gasteiger partial charge in [0.15, 0.2) is 6.61 Å². The van der Waals surface area contributed by atoms with Gasteiger partial charge >= 0.3 is 5.97 Å². The van der Waals surface area contributed by atoms with Crippen LogP contribution in [0.4, 0.5) is 0 Å². The second-order valence-electron chi connectivity index (χ2n) is 6.48. The molecule has 0 aliphatic heterocycles. The Labute approximate surface area is 141 Å².